The second-order valence-electron chi connectivity index (χ2n) is 3.93. The second kappa shape index (κ2) is 5.93. The average Bonchev–Trinajstić information content (AvgIpc) is 2.82. The fourth-order valence-corrected chi connectivity index (χ4v) is 1.95. The van der Waals surface area contributed by atoms with Crippen molar-refractivity contribution < 1.29 is 0 Å². The molecular formula is C12H15BrN4. The molecule has 1 aromatic heterocycles. The highest BCUT2D eigenvalue weighted by atomic mass is 79.9. The van der Waals surface area contributed by atoms with Gasteiger partial charge in [-0.25, -0.2) is 0 Å². The molecular weight excluding hydrogens is 280 g/mol. The molecule has 0 unspecified atom stereocenters. The van der Waals surface area contributed by atoms with E-state index in [9.17, 15) is 0 Å². The van der Waals surface area contributed by atoms with E-state index in [1.54, 1.807) is 6.20 Å². The Hall–Kier alpha value is -1.20. The van der Waals surface area contributed by atoms with Crippen LogP contribution in [-0.2, 0) is 13.1 Å². The van der Waals surface area contributed by atoms with Crippen molar-refractivity contribution in [3.63, 3.8) is 0 Å². The Morgan fingerprint density at radius 3 is 3.00 bits per heavy atom. The molecule has 0 fully saturated rings. The van der Waals surface area contributed by atoms with Crippen LogP contribution in [0, 0.1) is 6.92 Å². The van der Waals surface area contributed by atoms with Gasteiger partial charge in [0.1, 0.15) is 0 Å². The monoisotopic (exact) mass is 294 g/mol. The lowest BCUT2D eigenvalue weighted by atomic mass is 10.1. The maximum atomic E-state index is 3.91. The summed E-state index contributed by atoms with van der Waals surface area (Å²) in [5.74, 6) is 0. The number of rotatable bonds is 5. The van der Waals surface area contributed by atoms with Gasteiger partial charge in [-0.05, 0) is 24.1 Å². The van der Waals surface area contributed by atoms with Gasteiger partial charge in [-0.1, -0.05) is 33.3 Å². The van der Waals surface area contributed by atoms with Crippen molar-refractivity contribution in [2.75, 3.05) is 6.54 Å². The minimum absolute atomic E-state index is 0.840. The number of hydrogen-bond donors (Lipinski definition) is 1. The molecule has 1 aromatic carbocycles. The van der Waals surface area contributed by atoms with Crippen LogP contribution in [0.5, 0.6) is 0 Å². The smallest absolute Gasteiger partial charge is 0.0692 e. The van der Waals surface area contributed by atoms with E-state index in [4.69, 9.17) is 0 Å². The first kappa shape index (κ1) is 12.3. The molecule has 0 saturated carbocycles. The summed E-state index contributed by atoms with van der Waals surface area (Å²) in [6, 6.07) is 6.42. The van der Waals surface area contributed by atoms with Crippen LogP contribution in [0.15, 0.2) is 35.1 Å². The molecule has 17 heavy (non-hydrogen) atoms. The Morgan fingerprint density at radius 1 is 1.41 bits per heavy atom. The van der Waals surface area contributed by atoms with E-state index in [-0.39, 0.29) is 0 Å². The summed E-state index contributed by atoms with van der Waals surface area (Å²) < 4.78 is 2.98. The van der Waals surface area contributed by atoms with Crippen LogP contribution in [0.3, 0.4) is 0 Å². The van der Waals surface area contributed by atoms with Crippen molar-refractivity contribution in [3.8, 4) is 0 Å². The summed E-state index contributed by atoms with van der Waals surface area (Å²) >= 11 is 3.54. The van der Waals surface area contributed by atoms with Crippen LogP contribution in [0.2, 0.25) is 0 Å². The lowest BCUT2D eigenvalue weighted by Crippen LogP contribution is -2.19. The first-order chi connectivity index (χ1) is 8.25. The standard InChI is InChI=1S/C12H15BrN4/c1-10-2-3-11(8-12(10)13)9-14-4-6-17-7-5-15-16-17/h2-3,5,7-8,14H,4,6,9H2,1H3. The molecule has 0 aliphatic rings. The molecule has 0 spiro atoms. The number of aryl methyl sites for hydroxylation is 1. The van der Waals surface area contributed by atoms with E-state index >= 15 is 0 Å². The fourth-order valence-electron chi connectivity index (χ4n) is 1.52. The molecule has 0 saturated heterocycles. The molecule has 2 aromatic rings. The van der Waals surface area contributed by atoms with Gasteiger partial charge in [0.15, 0.2) is 0 Å². The topological polar surface area (TPSA) is 42.7 Å². The zero-order valence-electron chi connectivity index (χ0n) is 9.73. The van der Waals surface area contributed by atoms with Crippen LogP contribution < -0.4 is 5.32 Å². The SMILES string of the molecule is Cc1ccc(CNCCn2ccnn2)cc1Br. The Labute approximate surface area is 109 Å². The number of benzene rings is 1. The number of aromatic nitrogens is 3. The highest BCUT2D eigenvalue weighted by Crippen LogP contribution is 2.17. The third kappa shape index (κ3) is 3.64. The molecule has 1 heterocycles. The molecule has 1 N–H and O–H groups in total. The highest BCUT2D eigenvalue weighted by Gasteiger charge is 1.97. The highest BCUT2D eigenvalue weighted by molar-refractivity contribution is 9.10. The lowest BCUT2D eigenvalue weighted by Gasteiger charge is -2.06. The predicted octanol–water partition coefficient (Wildman–Crippen LogP) is 2.14. The third-order valence-electron chi connectivity index (χ3n) is 2.55. The molecule has 0 aliphatic carbocycles. The first-order valence-electron chi connectivity index (χ1n) is 5.55. The molecule has 0 radical (unpaired) electrons. The molecule has 5 heteroatoms. The Morgan fingerprint density at radius 2 is 2.29 bits per heavy atom. The molecule has 2 rings (SSSR count). The Kier molecular flexibility index (Phi) is 4.28. The summed E-state index contributed by atoms with van der Waals surface area (Å²) in [5.41, 5.74) is 2.54. The van der Waals surface area contributed by atoms with Gasteiger partial charge in [-0.2, -0.15) is 0 Å². The van der Waals surface area contributed by atoms with Crippen molar-refractivity contribution in [1.82, 2.24) is 20.3 Å². The van der Waals surface area contributed by atoms with E-state index in [0.717, 1.165) is 24.1 Å². The summed E-state index contributed by atoms with van der Waals surface area (Å²) in [6.45, 7) is 4.68. The zero-order chi connectivity index (χ0) is 12.1. The van der Waals surface area contributed by atoms with Gasteiger partial charge in [0, 0.05) is 23.8 Å². The lowest BCUT2D eigenvalue weighted by molar-refractivity contribution is 0.540. The Bertz CT molecular complexity index is 467. The number of halogens is 1. The zero-order valence-corrected chi connectivity index (χ0v) is 11.3. The summed E-state index contributed by atoms with van der Waals surface area (Å²) in [4.78, 5) is 0. The molecule has 0 bridgehead atoms. The molecule has 90 valence electrons. The van der Waals surface area contributed by atoms with Crippen molar-refractivity contribution in [1.29, 1.82) is 0 Å². The van der Waals surface area contributed by atoms with Gasteiger partial charge in [0.25, 0.3) is 0 Å². The normalized spacial score (nSPS) is 10.7. The molecule has 0 atom stereocenters. The molecule has 0 aliphatic heterocycles. The number of hydrogen-bond acceptors (Lipinski definition) is 3. The maximum Gasteiger partial charge on any atom is 0.0692 e. The minimum atomic E-state index is 0.840. The quantitative estimate of drug-likeness (QED) is 0.859. The van der Waals surface area contributed by atoms with E-state index < -0.39 is 0 Å². The molecule has 0 amide bonds. The first-order valence-corrected chi connectivity index (χ1v) is 6.35. The summed E-state index contributed by atoms with van der Waals surface area (Å²) in [6.07, 6.45) is 3.56. The predicted molar refractivity (Wildman–Crippen MR) is 70.6 cm³/mol. The largest absolute Gasteiger partial charge is 0.311 e. The summed E-state index contributed by atoms with van der Waals surface area (Å²) in [5, 5.41) is 11.0. The number of nitrogens with one attached hydrogen (secondary N) is 1. The molecule has 4 nitrogen and oxygen atoms in total. The van der Waals surface area contributed by atoms with Crippen molar-refractivity contribution in [2.24, 2.45) is 0 Å². The van der Waals surface area contributed by atoms with Crippen LogP contribution in [-0.4, -0.2) is 21.5 Å². The maximum absolute atomic E-state index is 3.91. The third-order valence-corrected chi connectivity index (χ3v) is 3.41. The summed E-state index contributed by atoms with van der Waals surface area (Å²) in [7, 11) is 0. The van der Waals surface area contributed by atoms with Crippen LogP contribution in [0.1, 0.15) is 11.1 Å². The minimum Gasteiger partial charge on any atom is -0.311 e. The van der Waals surface area contributed by atoms with Gasteiger partial charge in [-0.15, -0.1) is 5.10 Å². The Balaban J connectivity index is 1.76. The average molecular weight is 295 g/mol. The van der Waals surface area contributed by atoms with E-state index in [1.165, 1.54) is 11.1 Å². The van der Waals surface area contributed by atoms with Crippen LogP contribution >= 0.6 is 15.9 Å². The van der Waals surface area contributed by atoms with E-state index in [1.807, 2.05) is 10.9 Å². The van der Waals surface area contributed by atoms with Gasteiger partial charge < -0.3 is 5.32 Å². The fraction of sp³-hybridized carbons (Fsp3) is 0.333. The second-order valence-corrected chi connectivity index (χ2v) is 4.78. The van der Waals surface area contributed by atoms with Crippen LogP contribution in [0.4, 0.5) is 0 Å². The van der Waals surface area contributed by atoms with Crippen molar-refractivity contribution in [2.45, 2.75) is 20.0 Å². The van der Waals surface area contributed by atoms with Crippen molar-refractivity contribution in [3.05, 3.63) is 46.2 Å². The van der Waals surface area contributed by atoms with Gasteiger partial charge in [0.05, 0.1) is 12.7 Å². The van der Waals surface area contributed by atoms with E-state index in [2.05, 4.69) is 56.7 Å². The van der Waals surface area contributed by atoms with Crippen molar-refractivity contribution >= 4 is 15.9 Å². The van der Waals surface area contributed by atoms with Gasteiger partial charge in [0.2, 0.25) is 0 Å². The van der Waals surface area contributed by atoms with Crippen LogP contribution in [0.25, 0.3) is 0 Å². The van der Waals surface area contributed by atoms with Gasteiger partial charge in [-0.3, -0.25) is 4.68 Å². The van der Waals surface area contributed by atoms with Gasteiger partial charge >= 0.3 is 0 Å². The van der Waals surface area contributed by atoms with E-state index in [0.29, 0.717) is 0 Å². The number of nitrogens with zero attached hydrogens (tertiary/aromatic N) is 3.